The van der Waals surface area contributed by atoms with Gasteiger partial charge in [-0.05, 0) is 5.56 Å². The van der Waals surface area contributed by atoms with Crippen LogP contribution in [-0.2, 0) is 6.54 Å². The Morgan fingerprint density at radius 2 is 2.00 bits per heavy atom. The predicted octanol–water partition coefficient (Wildman–Crippen LogP) is 1.49. The number of aromatic nitrogens is 2. The van der Waals surface area contributed by atoms with E-state index in [2.05, 4.69) is 32.8 Å². The van der Waals surface area contributed by atoms with Gasteiger partial charge >= 0.3 is 5.69 Å². The summed E-state index contributed by atoms with van der Waals surface area (Å²) >= 11 is 3.19. The molecular formula is C14H15BrN4O2. The van der Waals surface area contributed by atoms with Crippen LogP contribution in [0.5, 0.6) is 0 Å². The number of nitrogen functional groups attached to an aromatic ring is 1. The van der Waals surface area contributed by atoms with Crippen LogP contribution in [0.25, 0.3) is 0 Å². The van der Waals surface area contributed by atoms with Crippen molar-refractivity contribution in [2.45, 2.75) is 6.54 Å². The molecule has 0 bridgehead atoms. The third kappa shape index (κ3) is 3.63. The SMILES string of the molecule is C=C(Br)CNc1c(N)n(Cc2ccccc2)c(=O)[nH]c1=O. The Labute approximate surface area is 129 Å². The third-order valence-electron chi connectivity index (χ3n) is 2.88. The quantitative estimate of drug-likeness (QED) is 0.761. The van der Waals surface area contributed by atoms with E-state index in [0.717, 1.165) is 5.56 Å². The summed E-state index contributed by atoms with van der Waals surface area (Å²) in [6, 6.07) is 9.39. The second-order valence-electron chi connectivity index (χ2n) is 4.46. The summed E-state index contributed by atoms with van der Waals surface area (Å²) in [4.78, 5) is 26.0. The molecule has 1 heterocycles. The zero-order chi connectivity index (χ0) is 15.4. The summed E-state index contributed by atoms with van der Waals surface area (Å²) < 4.78 is 1.98. The summed E-state index contributed by atoms with van der Waals surface area (Å²) in [5, 5.41) is 2.86. The average molecular weight is 351 g/mol. The van der Waals surface area contributed by atoms with E-state index in [9.17, 15) is 9.59 Å². The van der Waals surface area contributed by atoms with Crippen LogP contribution in [0.3, 0.4) is 0 Å². The van der Waals surface area contributed by atoms with Crippen LogP contribution in [0.1, 0.15) is 5.56 Å². The topological polar surface area (TPSA) is 92.9 Å². The smallest absolute Gasteiger partial charge is 0.330 e. The summed E-state index contributed by atoms with van der Waals surface area (Å²) in [6.45, 7) is 4.28. The largest absolute Gasteiger partial charge is 0.383 e. The van der Waals surface area contributed by atoms with Crippen LogP contribution < -0.4 is 22.3 Å². The minimum absolute atomic E-state index is 0.0985. The fourth-order valence-electron chi connectivity index (χ4n) is 1.87. The molecule has 2 aromatic rings. The molecule has 0 saturated carbocycles. The van der Waals surface area contributed by atoms with E-state index >= 15 is 0 Å². The second kappa shape index (κ2) is 6.45. The molecule has 7 heteroatoms. The summed E-state index contributed by atoms with van der Waals surface area (Å²) in [7, 11) is 0. The lowest BCUT2D eigenvalue weighted by Crippen LogP contribution is -2.34. The molecule has 0 radical (unpaired) electrons. The van der Waals surface area contributed by atoms with E-state index in [0.29, 0.717) is 11.0 Å². The highest BCUT2D eigenvalue weighted by atomic mass is 79.9. The fourth-order valence-corrected chi connectivity index (χ4v) is 2.01. The van der Waals surface area contributed by atoms with E-state index in [1.165, 1.54) is 4.57 Å². The zero-order valence-corrected chi connectivity index (χ0v) is 12.8. The van der Waals surface area contributed by atoms with Crippen molar-refractivity contribution < 1.29 is 0 Å². The lowest BCUT2D eigenvalue weighted by Gasteiger charge is -2.13. The second-order valence-corrected chi connectivity index (χ2v) is 5.58. The number of H-pyrrole nitrogens is 1. The molecule has 1 aromatic heterocycles. The van der Waals surface area contributed by atoms with E-state index in [1.807, 2.05) is 30.3 Å². The van der Waals surface area contributed by atoms with Crippen LogP contribution in [0, 0.1) is 0 Å². The van der Waals surface area contributed by atoms with Gasteiger partial charge in [0.2, 0.25) is 0 Å². The van der Waals surface area contributed by atoms with Gasteiger partial charge in [0.25, 0.3) is 5.56 Å². The van der Waals surface area contributed by atoms with Crippen molar-refractivity contribution in [3.8, 4) is 0 Å². The van der Waals surface area contributed by atoms with Crippen molar-refractivity contribution in [1.82, 2.24) is 9.55 Å². The highest BCUT2D eigenvalue weighted by Crippen LogP contribution is 2.13. The van der Waals surface area contributed by atoms with Gasteiger partial charge in [0, 0.05) is 11.0 Å². The summed E-state index contributed by atoms with van der Waals surface area (Å²) in [6.07, 6.45) is 0. The van der Waals surface area contributed by atoms with Crippen molar-refractivity contribution in [3.63, 3.8) is 0 Å². The molecule has 6 nitrogen and oxygen atoms in total. The Balaban J connectivity index is 2.42. The third-order valence-corrected chi connectivity index (χ3v) is 3.16. The molecule has 0 unspecified atom stereocenters. The van der Waals surface area contributed by atoms with Crippen LogP contribution >= 0.6 is 15.9 Å². The standard InChI is InChI=1S/C14H15BrN4O2/c1-9(15)7-17-11-12(16)19(14(21)18-13(11)20)8-10-5-3-2-4-6-10/h2-6,17H,1,7-8,16H2,(H,18,20,21). The Kier molecular flexibility index (Phi) is 4.64. The maximum absolute atomic E-state index is 11.9. The number of nitrogens with one attached hydrogen (secondary N) is 2. The van der Waals surface area contributed by atoms with E-state index in [4.69, 9.17) is 5.73 Å². The first-order valence-corrected chi connectivity index (χ1v) is 7.02. The number of nitrogens with two attached hydrogens (primary N) is 1. The minimum Gasteiger partial charge on any atom is -0.383 e. The van der Waals surface area contributed by atoms with E-state index in [1.54, 1.807) is 0 Å². The zero-order valence-electron chi connectivity index (χ0n) is 11.2. The molecule has 4 N–H and O–H groups in total. The molecule has 0 aliphatic carbocycles. The Hall–Kier alpha value is -2.28. The number of rotatable bonds is 5. The normalized spacial score (nSPS) is 10.3. The number of benzene rings is 1. The first kappa shape index (κ1) is 15.1. The van der Waals surface area contributed by atoms with Gasteiger partial charge in [0.05, 0.1) is 6.54 Å². The molecule has 110 valence electrons. The van der Waals surface area contributed by atoms with Gasteiger partial charge in [-0.3, -0.25) is 14.3 Å². The molecule has 0 fully saturated rings. The minimum atomic E-state index is -0.546. The van der Waals surface area contributed by atoms with Gasteiger partial charge < -0.3 is 11.1 Å². The molecule has 0 aliphatic heterocycles. The van der Waals surface area contributed by atoms with Crippen molar-refractivity contribution in [2.75, 3.05) is 17.6 Å². The lowest BCUT2D eigenvalue weighted by molar-refractivity contribution is 0.734. The van der Waals surface area contributed by atoms with Crippen LogP contribution in [0.4, 0.5) is 11.5 Å². The number of hydrogen-bond acceptors (Lipinski definition) is 4. The Morgan fingerprint density at radius 3 is 2.62 bits per heavy atom. The predicted molar refractivity (Wildman–Crippen MR) is 87.8 cm³/mol. The highest BCUT2D eigenvalue weighted by molar-refractivity contribution is 9.11. The van der Waals surface area contributed by atoms with Crippen molar-refractivity contribution in [2.24, 2.45) is 0 Å². The van der Waals surface area contributed by atoms with Gasteiger partial charge in [0.15, 0.2) is 0 Å². The lowest BCUT2D eigenvalue weighted by atomic mass is 10.2. The van der Waals surface area contributed by atoms with Gasteiger partial charge in [0.1, 0.15) is 11.5 Å². The van der Waals surface area contributed by atoms with Crippen molar-refractivity contribution in [1.29, 1.82) is 0 Å². The summed E-state index contributed by atoms with van der Waals surface area (Å²) in [5.41, 5.74) is 5.94. The highest BCUT2D eigenvalue weighted by Gasteiger charge is 2.12. The Bertz CT molecular complexity index is 765. The summed E-state index contributed by atoms with van der Waals surface area (Å²) in [5.74, 6) is 0.0985. The molecule has 1 aromatic carbocycles. The van der Waals surface area contributed by atoms with Crippen LogP contribution in [0.15, 0.2) is 51.0 Å². The monoisotopic (exact) mass is 350 g/mol. The number of halogens is 1. The molecule has 0 aliphatic rings. The number of hydrogen-bond donors (Lipinski definition) is 3. The van der Waals surface area contributed by atoms with Gasteiger partial charge in [-0.2, -0.15) is 0 Å². The van der Waals surface area contributed by atoms with Gasteiger partial charge in [-0.1, -0.05) is 52.8 Å². The number of nitrogens with zero attached hydrogens (tertiary/aromatic N) is 1. The molecule has 21 heavy (non-hydrogen) atoms. The van der Waals surface area contributed by atoms with Crippen molar-refractivity contribution in [3.05, 3.63) is 67.8 Å². The number of aromatic amines is 1. The number of anilines is 2. The van der Waals surface area contributed by atoms with Crippen molar-refractivity contribution >= 4 is 27.4 Å². The molecular weight excluding hydrogens is 336 g/mol. The van der Waals surface area contributed by atoms with Gasteiger partial charge in [-0.15, -0.1) is 0 Å². The molecule has 0 amide bonds. The molecule has 0 saturated heterocycles. The Morgan fingerprint density at radius 1 is 1.33 bits per heavy atom. The van der Waals surface area contributed by atoms with Crippen LogP contribution in [0.2, 0.25) is 0 Å². The van der Waals surface area contributed by atoms with Gasteiger partial charge in [-0.25, -0.2) is 4.79 Å². The molecule has 0 spiro atoms. The first-order chi connectivity index (χ1) is 9.99. The van der Waals surface area contributed by atoms with Crippen LogP contribution in [-0.4, -0.2) is 16.1 Å². The molecule has 0 atom stereocenters. The average Bonchev–Trinajstić information content (AvgIpc) is 2.44. The molecule has 2 rings (SSSR count). The fraction of sp³-hybridized carbons (Fsp3) is 0.143. The van der Waals surface area contributed by atoms with E-state index < -0.39 is 11.2 Å². The maximum atomic E-state index is 11.9. The first-order valence-electron chi connectivity index (χ1n) is 6.22. The maximum Gasteiger partial charge on any atom is 0.330 e. The van der Waals surface area contributed by atoms with E-state index in [-0.39, 0.29) is 18.1 Å².